The van der Waals surface area contributed by atoms with Crippen LogP contribution in [0.5, 0.6) is 0 Å². The molecule has 0 saturated heterocycles. The third-order valence-electron chi connectivity index (χ3n) is 4.49. The molecule has 1 aromatic heterocycles. The Bertz CT molecular complexity index is 865. The molecule has 1 aliphatic carbocycles. The number of aromatic nitrogens is 2. The molecule has 1 fully saturated rings. The predicted octanol–water partition coefficient (Wildman–Crippen LogP) is 3.02. The van der Waals surface area contributed by atoms with Gasteiger partial charge in [0.1, 0.15) is 6.54 Å². The molecule has 1 heterocycles. The van der Waals surface area contributed by atoms with Crippen molar-refractivity contribution < 1.29 is 22.9 Å². The molecule has 1 aliphatic rings. The summed E-state index contributed by atoms with van der Waals surface area (Å²) in [5, 5.41) is 15.1. The van der Waals surface area contributed by atoms with Crippen molar-refractivity contribution in [3.8, 4) is 0 Å². The zero-order chi connectivity index (χ0) is 19.8. The quantitative estimate of drug-likeness (QED) is 0.568. The molecule has 27 heavy (non-hydrogen) atoms. The van der Waals surface area contributed by atoms with Crippen LogP contribution in [-0.4, -0.2) is 38.2 Å². The summed E-state index contributed by atoms with van der Waals surface area (Å²) < 4.78 is 40.5. The molecule has 0 spiro atoms. The first-order valence-corrected chi connectivity index (χ1v) is 8.22. The molecule has 0 bridgehead atoms. The van der Waals surface area contributed by atoms with Gasteiger partial charge in [0.15, 0.2) is 0 Å². The number of hydrogen-bond acceptors (Lipinski definition) is 4. The number of amides is 1. The van der Waals surface area contributed by atoms with E-state index in [0.29, 0.717) is 11.3 Å². The summed E-state index contributed by atoms with van der Waals surface area (Å²) >= 11 is 0. The van der Waals surface area contributed by atoms with E-state index in [0.717, 1.165) is 5.56 Å². The highest BCUT2D eigenvalue weighted by Gasteiger charge is 2.48. The Morgan fingerprint density at radius 2 is 2.11 bits per heavy atom. The van der Waals surface area contributed by atoms with Gasteiger partial charge in [-0.15, -0.1) is 0 Å². The number of nitro benzene ring substituents is 1. The summed E-state index contributed by atoms with van der Waals surface area (Å²) in [6.07, 6.45) is -0.837. The second kappa shape index (κ2) is 7.01. The van der Waals surface area contributed by atoms with Crippen LogP contribution in [0.2, 0.25) is 0 Å². The zero-order valence-electron chi connectivity index (χ0n) is 14.4. The van der Waals surface area contributed by atoms with Crippen molar-refractivity contribution in [1.82, 2.24) is 14.7 Å². The van der Waals surface area contributed by atoms with Crippen molar-refractivity contribution in [2.45, 2.75) is 25.1 Å². The average molecular weight is 382 g/mol. The number of carbonyl (C=O) groups excluding carboxylic acids is 1. The molecule has 0 aliphatic heterocycles. The molecule has 0 radical (unpaired) electrons. The number of aryl methyl sites for hydroxylation is 1. The van der Waals surface area contributed by atoms with E-state index in [2.05, 4.69) is 5.10 Å². The Morgan fingerprint density at radius 1 is 1.41 bits per heavy atom. The van der Waals surface area contributed by atoms with E-state index in [1.807, 2.05) is 0 Å². The van der Waals surface area contributed by atoms with Gasteiger partial charge in [0.2, 0.25) is 5.91 Å². The average Bonchev–Trinajstić information content (AvgIpc) is 3.26. The van der Waals surface area contributed by atoms with Gasteiger partial charge in [-0.3, -0.25) is 19.6 Å². The highest BCUT2D eigenvalue weighted by molar-refractivity contribution is 5.83. The maximum atomic E-state index is 13.0. The van der Waals surface area contributed by atoms with Crippen LogP contribution in [-0.2, 0) is 18.4 Å². The number of nitro groups is 1. The monoisotopic (exact) mass is 382 g/mol. The Labute approximate surface area is 152 Å². The Kier molecular flexibility index (Phi) is 4.90. The number of para-hydroxylation sites is 1. The van der Waals surface area contributed by atoms with E-state index >= 15 is 0 Å². The minimum atomic E-state index is -4.60. The normalized spacial score (nSPS) is 19.0. The standard InChI is InChI=1S/C17H17F3N4O3/c1-22-8-12(7-21-22)13-6-14(13)16(25)23(10-17(18,19)20)9-11-4-2-3-5-15(11)24(26)27/h2-5,7-8,13-14H,6,9-10H2,1H3. The molecule has 3 rings (SSSR count). The molecule has 144 valence electrons. The highest BCUT2D eigenvalue weighted by atomic mass is 19.4. The van der Waals surface area contributed by atoms with Crippen molar-refractivity contribution in [1.29, 1.82) is 0 Å². The number of halogens is 3. The largest absolute Gasteiger partial charge is 0.406 e. The van der Waals surface area contributed by atoms with Crippen molar-refractivity contribution in [2.24, 2.45) is 13.0 Å². The van der Waals surface area contributed by atoms with Crippen LogP contribution in [0.15, 0.2) is 36.7 Å². The molecule has 2 aromatic rings. The van der Waals surface area contributed by atoms with E-state index in [9.17, 15) is 28.1 Å². The molecular weight excluding hydrogens is 365 g/mol. The molecular formula is C17H17F3N4O3. The topological polar surface area (TPSA) is 81.3 Å². The number of benzene rings is 1. The van der Waals surface area contributed by atoms with Crippen molar-refractivity contribution in [3.63, 3.8) is 0 Å². The maximum Gasteiger partial charge on any atom is 0.406 e. The SMILES string of the molecule is Cn1cc(C2CC2C(=O)N(Cc2ccccc2[N+](=O)[O-])CC(F)(F)F)cn1. The van der Waals surface area contributed by atoms with Crippen LogP contribution in [0.25, 0.3) is 0 Å². The summed E-state index contributed by atoms with van der Waals surface area (Å²) in [5.74, 6) is -1.40. The molecule has 0 N–H and O–H groups in total. The lowest BCUT2D eigenvalue weighted by atomic mass is 10.1. The maximum absolute atomic E-state index is 13.0. The lowest BCUT2D eigenvalue weighted by molar-refractivity contribution is -0.385. The van der Waals surface area contributed by atoms with Gasteiger partial charge in [-0.1, -0.05) is 18.2 Å². The minimum Gasteiger partial charge on any atom is -0.329 e. The van der Waals surface area contributed by atoms with Gasteiger partial charge in [0.05, 0.1) is 17.7 Å². The fraction of sp³-hybridized carbons (Fsp3) is 0.412. The Morgan fingerprint density at radius 3 is 2.70 bits per heavy atom. The van der Waals surface area contributed by atoms with E-state index in [1.165, 1.54) is 24.3 Å². The zero-order valence-corrected chi connectivity index (χ0v) is 14.4. The number of carbonyl (C=O) groups is 1. The van der Waals surface area contributed by atoms with Gasteiger partial charge in [-0.2, -0.15) is 18.3 Å². The summed E-state index contributed by atoms with van der Waals surface area (Å²) in [6.45, 7) is -1.92. The van der Waals surface area contributed by atoms with Crippen LogP contribution in [0.4, 0.5) is 18.9 Å². The highest BCUT2D eigenvalue weighted by Crippen LogP contribution is 2.48. The summed E-state index contributed by atoms with van der Waals surface area (Å²) in [4.78, 5) is 23.8. The first kappa shape index (κ1) is 18.9. The van der Waals surface area contributed by atoms with Gasteiger partial charge >= 0.3 is 6.18 Å². The van der Waals surface area contributed by atoms with Crippen LogP contribution in [0.3, 0.4) is 0 Å². The van der Waals surface area contributed by atoms with Crippen LogP contribution >= 0.6 is 0 Å². The third-order valence-corrected chi connectivity index (χ3v) is 4.49. The smallest absolute Gasteiger partial charge is 0.329 e. The number of nitrogens with zero attached hydrogens (tertiary/aromatic N) is 4. The Hall–Kier alpha value is -2.91. The molecule has 1 amide bonds. The lowest BCUT2D eigenvalue weighted by Gasteiger charge is -2.24. The van der Waals surface area contributed by atoms with E-state index < -0.39 is 36.0 Å². The van der Waals surface area contributed by atoms with Crippen LogP contribution in [0, 0.1) is 16.0 Å². The molecule has 1 saturated carbocycles. The van der Waals surface area contributed by atoms with Gasteiger partial charge in [-0.05, 0) is 17.9 Å². The molecule has 2 unspecified atom stereocenters. The fourth-order valence-electron chi connectivity index (χ4n) is 3.16. The van der Waals surface area contributed by atoms with E-state index in [-0.39, 0.29) is 17.2 Å². The molecule has 1 aromatic carbocycles. The van der Waals surface area contributed by atoms with Gasteiger partial charge in [0, 0.05) is 30.8 Å². The van der Waals surface area contributed by atoms with Crippen LogP contribution in [0.1, 0.15) is 23.5 Å². The molecule has 7 nitrogen and oxygen atoms in total. The Balaban J connectivity index is 1.80. The summed E-state index contributed by atoms with van der Waals surface area (Å²) in [5.41, 5.74) is 0.559. The number of hydrogen-bond donors (Lipinski definition) is 0. The van der Waals surface area contributed by atoms with Crippen molar-refractivity contribution in [3.05, 3.63) is 57.9 Å². The molecule has 10 heteroatoms. The summed E-state index contributed by atoms with van der Waals surface area (Å²) in [6, 6.07) is 5.49. The third kappa shape index (κ3) is 4.44. The van der Waals surface area contributed by atoms with Gasteiger partial charge < -0.3 is 4.90 Å². The van der Waals surface area contributed by atoms with Gasteiger partial charge in [0.25, 0.3) is 5.69 Å². The lowest BCUT2D eigenvalue weighted by Crippen LogP contribution is -2.39. The first-order chi connectivity index (χ1) is 12.7. The second-order valence-corrected chi connectivity index (χ2v) is 6.59. The fourth-order valence-corrected chi connectivity index (χ4v) is 3.16. The summed E-state index contributed by atoms with van der Waals surface area (Å²) in [7, 11) is 1.72. The molecule has 2 atom stereocenters. The number of alkyl halides is 3. The van der Waals surface area contributed by atoms with E-state index in [1.54, 1.807) is 24.1 Å². The number of rotatable bonds is 6. The second-order valence-electron chi connectivity index (χ2n) is 6.59. The first-order valence-electron chi connectivity index (χ1n) is 8.22. The van der Waals surface area contributed by atoms with Crippen LogP contribution < -0.4 is 0 Å². The van der Waals surface area contributed by atoms with Gasteiger partial charge in [-0.25, -0.2) is 0 Å². The van der Waals surface area contributed by atoms with Crippen molar-refractivity contribution >= 4 is 11.6 Å². The van der Waals surface area contributed by atoms with Crippen molar-refractivity contribution in [2.75, 3.05) is 6.54 Å². The predicted molar refractivity (Wildman–Crippen MR) is 88.6 cm³/mol. The van der Waals surface area contributed by atoms with E-state index in [4.69, 9.17) is 0 Å². The minimum absolute atomic E-state index is 0.0682.